The normalized spacial score (nSPS) is 24.0. The minimum atomic E-state index is 0.588. The standard InChI is InChI=1S/C9H17N5/c1-8-6-14(4-3-10-8)7-9-5-11-12-13(9)2/h5,8,10H,3-4,6-7H2,1-2H3/t8-/m1/s1. The Morgan fingerprint density at radius 3 is 3.14 bits per heavy atom. The molecule has 0 bridgehead atoms. The second-order valence-electron chi connectivity index (χ2n) is 3.94. The molecule has 1 aromatic heterocycles. The van der Waals surface area contributed by atoms with Crippen molar-refractivity contribution in [2.24, 2.45) is 7.05 Å². The van der Waals surface area contributed by atoms with Crippen molar-refractivity contribution in [3.8, 4) is 0 Å². The lowest BCUT2D eigenvalue weighted by Gasteiger charge is -2.31. The predicted molar refractivity (Wildman–Crippen MR) is 53.7 cm³/mol. The summed E-state index contributed by atoms with van der Waals surface area (Å²) in [6.07, 6.45) is 1.84. The molecule has 78 valence electrons. The molecule has 14 heavy (non-hydrogen) atoms. The van der Waals surface area contributed by atoms with Crippen molar-refractivity contribution >= 4 is 0 Å². The summed E-state index contributed by atoms with van der Waals surface area (Å²) in [6, 6.07) is 0.588. The Balaban J connectivity index is 1.94. The molecule has 5 nitrogen and oxygen atoms in total. The summed E-state index contributed by atoms with van der Waals surface area (Å²) < 4.78 is 1.84. The van der Waals surface area contributed by atoms with Crippen molar-refractivity contribution in [1.29, 1.82) is 0 Å². The number of nitrogens with one attached hydrogen (secondary N) is 1. The highest BCUT2D eigenvalue weighted by Gasteiger charge is 2.16. The van der Waals surface area contributed by atoms with Crippen LogP contribution in [0.3, 0.4) is 0 Å². The van der Waals surface area contributed by atoms with Crippen LogP contribution in [0.4, 0.5) is 0 Å². The highest BCUT2D eigenvalue weighted by atomic mass is 15.4. The second kappa shape index (κ2) is 4.06. The molecule has 1 aromatic rings. The van der Waals surface area contributed by atoms with Crippen LogP contribution in [0.25, 0.3) is 0 Å². The maximum absolute atomic E-state index is 3.93. The van der Waals surface area contributed by atoms with Crippen molar-refractivity contribution in [1.82, 2.24) is 25.2 Å². The summed E-state index contributed by atoms with van der Waals surface area (Å²) in [6.45, 7) is 6.45. The number of hydrogen-bond acceptors (Lipinski definition) is 4. The van der Waals surface area contributed by atoms with Gasteiger partial charge in [-0.05, 0) is 6.92 Å². The third-order valence-electron chi connectivity index (χ3n) is 2.65. The number of nitrogens with zero attached hydrogens (tertiary/aromatic N) is 4. The van der Waals surface area contributed by atoms with E-state index in [-0.39, 0.29) is 0 Å². The first-order valence-corrected chi connectivity index (χ1v) is 5.05. The highest BCUT2D eigenvalue weighted by molar-refractivity contribution is 4.94. The lowest BCUT2D eigenvalue weighted by Crippen LogP contribution is -2.48. The van der Waals surface area contributed by atoms with Gasteiger partial charge in [0.2, 0.25) is 0 Å². The summed E-state index contributed by atoms with van der Waals surface area (Å²) in [4.78, 5) is 2.43. The highest BCUT2D eigenvalue weighted by Crippen LogP contribution is 2.04. The maximum Gasteiger partial charge on any atom is 0.0738 e. The molecule has 1 atom stereocenters. The Bertz CT molecular complexity index is 295. The Morgan fingerprint density at radius 2 is 2.50 bits per heavy atom. The second-order valence-corrected chi connectivity index (χ2v) is 3.94. The summed E-state index contributed by atoms with van der Waals surface area (Å²) in [5.41, 5.74) is 1.18. The van der Waals surface area contributed by atoms with Crippen molar-refractivity contribution in [3.63, 3.8) is 0 Å². The molecule has 1 N–H and O–H groups in total. The summed E-state index contributed by atoms with van der Waals surface area (Å²) in [5.74, 6) is 0. The first kappa shape index (κ1) is 9.61. The topological polar surface area (TPSA) is 46.0 Å². The zero-order chi connectivity index (χ0) is 9.97. The van der Waals surface area contributed by atoms with Gasteiger partial charge in [0, 0.05) is 39.3 Å². The van der Waals surface area contributed by atoms with Crippen LogP contribution in [0.1, 0.15) is 12.6 Å². The molecular formula is C9H17N5. The van der Waals surface area contributed by atoms with Gasteiger partial charge < -0.3 is 5.32 Å². The average Bonchev–Trinajstić information content (AvgIpc) is 2.52. The average molecular weight is 195 g/mol. The van der Waals surface area contributed by atoms with Crippen LogP contribution in [0.5, 0.6) is 0 Å². The van der Waals surface area contributed by atoms with E-state index in [0.29, 0.717) is 6.04 Å². The zero-order valence-corrected chi connectivity index (χ0v) is 8.77. The molecule has 0 aromatic carbocycles. The molecule has 0 spiro atoms. The summed E-state index contributed by atoms with van der Waals surface area (Å²) in [5, 5.41) is 11.2. The Morgan fingerprint density at radius 1 is 1.64 bits per heavy atom. The van der Waals surface area contributed by atoms with Crippen LogP contribution >= 0.6 is 0 Å². The van der Waals surface area contributed by atoms with Gasteiger partial charge in [0.25, 0.3) is 0 Å². The van der Waals surface area contributed by atoms with Gasteiger partial charge in [-0.1, -0.05) is 5.21 Å². The molecular weight excluding hydrogens is 178 g/mol. The van der Waals surface area contributed by atoms with Gasteiger partial charge in [0.1, 0.15) is 0 Å². The minimum absolute atomic E-state index is 0.588. The molecule has 2 heterocycles. The third kappa shape index (κ3) is 2.10. The molecule has 0 radical (unpaired) electrons. The first-order valence-electron chi connectivity index (χ1n) is 5.05. The maximum atomic E-state index is 3.93. The third-order valence-corrected chi connectivity index (χ3v) is 2.65. The Hall–Kier alpha value is -0.940. The monoisotopic (exact) mass is 195 g/mol. The molecule has 0 saturated carbocycles. The Labute approximate surface area is 84.1 Å². The lowest BCUT2D eigenvalue weighted by molar-refractivity contribution is 0.195. The largest absolute Gasteiger partial charge is 0.312 e. The van der Waals surface area contributed by atoms with Gasteiger partial charge in [-0.3, -0.25) is 9.58 Å². The van der Waals surface area contributed by atoms with Crippen molar-refractivity contribution in [2.45, 2.75) is 19.5 Å². The van der Waals surface area contributed by atoms with Gasteiger partial charge in [0.05, 0.1) is 11.9 Å². The van der Waals surface area contributed by atoms with E-state index in [1.165, 1.54) is 5.69 Å². The van der Waals surface area contributed by atoms with E-state index in [1.54, 1.807) is 0 Å². The van der Waals surface area contributed by atoms with Crippen LogP contribution in [-0.4, -0.2) is 45.6 Å². The SMILES string of the molecule is C[C@@H]1CN(Cc2cnnn2C)CCN1. The van der Waals surface area contributed by atoms with E-state index in [4.69, 9.17) is 0 Å². The Kier molecular flexibility index (Phi) is 2.79. The van der Waals surface area contributed by atoms with Gasteiger partial charge in [-0.25, -0.2) is 0 Å². The molecule has 1 aliphatic heterocycles. The lowest BCUT2D eigenvalue weighted by atomic mass is 10.2. The zero-order valence-electron chi connectivity index (χ0n) is 8.77. The fourth-order valence-corrected chi connectivity index (χ4v) is 1.84. The number of rotatable bonds is 2. The minimum Gasteiger partial charge on any atom is -0.312 e. The van der Waals surface area contributed by atoms with E-state index in [9.17, 15) is 0 Å². The van der Waals surface area contributed by atoms with Crippen molar-refractivity contribution < 1.29 is 0 Å². The van der Waals surface area contributed by atoms with Gasteiger partial charge in [0.15, 0.2) is 0 Å². The van der Waals surface area contributed by atoms with E-state index < -0.39 is 0 Å². The van der Waals surface area contributed by atoms with Gasteiger partial charge in [-0.15, -0.1) is 5.10 Å². The fourth-order valence-electron chi connectivity index (χ4n) is 1.84. The predicted octanol–water partition coefficient (Wildman–Crippen LogP) is -0.391. The molecule has 0 amide bonds. The van der Waals surface area contributed by atoms with Crippen LogP contribution in [0.15, 0.2) is 6.20 Å². The molecule has 0 aliphatic carbocycles. The van der Waals surface area contributed by atoms with E-state index >= 15 is 0 Å². The smallest absolute Gasteiger partial charge is 0.0738 e. The molecule has 2 rings (SSSR count). The summed E-state index contributed by atoms with van der Waals surface area (Å²) in [7, 11) is 1.94. The van der Waals surface area contributed by atoms with Crippen molar-refractivity contribution in [2.75, 3.05) is 19.6 Å². The quantitative estimate of drug-likeness (QED) is 0.698. The van der Waals surface area contributed by atoms with Crippen LogP contribution in [-0.2, 0) is 13.6 Å². The number of aromatic nitrogens is 3. The molecule has 0 unspecified atom stereocenters. The van der Waals surface area contributed by atoms with Crippen molar-refractivity contribution in [3.05, 3.63) is 11.9 Å². The molecule has 1 aliphatic rings. The first-order chi connectivity index (χ1) is 6.75. The summed E-state index contributed by atoms with van der Waals surface area (Å²) >= 11 is 0. The fraction of sp³-hybridized carbons (Fsp3) is 0.778. The van der Waals surface area contributed by atoms with Crippen LogP contribution in [0, 0.1) is 0 Å². The number of aryl methyl sites for hydroxylation is 1. The molecule has 1 saturated heterocycles. The number of piperazine rings is 1. The number of hydrogen-bond donors (Lipinski definition) is 1. The van der Waals surface area contributed by atoms with Gasteiger partial charge in [-0.2, -0.15) is 0 Å². The van der Waals surface area contributed by atoms with E-state index in [0.717, 1.165) is 26.2 Å². The van der Waals surface area contributed by atoms with Crippen LogP contribution in [0.2, 0.25) is 0 Å². The molecule has 1 fully saturated rings. The van der Waals surface area contributed by atoms with Crippen LogP contribution < -0.4 is 5.32 Å². The van der Waals surface area contributed by atoms with E-state index in [2.05, 4.69) is 27.5 Å². The van der Waals surface area contributed by atoms with E-state index in [1.807, 2.05) is 17.9 Å². The molecule has 5 heteroatoms. The van der Waals surface area contributed by atoms with Gasteiger partial charge >= 0.3 is 0 Å².